The van der Waals surface area contributed by atoms with E-state index in [2.05, 4.69) is 0 Å². The number of aliphatic hydroxyl groups is 1. The summed E-state index contributed by atoms with van der Waals surface area (Å²) < 4.78 is 0. The van der Waals surface area contributed by atoms with E-state index in [4.69, 9.17) is 10.8 Å². The van der Waals surface area contributed by atoms with E-state index in [1.165, 1.54) is 32.1 Å². The molecule has 1 spiro atoms. The van der Waals surface area contributed by atoms with E-state index in [0.717, 1.165) is 0 Å². The summed E-state index contributed by atoms with van der Waals surface area (Å²) in [5, 5.41) is 9.11. The van der Waals surface area contributed by atoms with E-state index < -0.39 is 0 Å². The van der Waals surface area contributed by atoms with Crippen LogP contribution in [0.15, 0.2) is 0 Å². The van der Waals surface area contributed by atoms with Crippen molar-refractivity contribution in [1.29, 1.82) is 0 Å². The highest BCUT2D eigenvalue weighted by Crippen LogP contribution is 2.63. The quantitative estimate of drug-likeness (QED) is 0.692. The molecule has 2 saturated carbocycles. The standard InChI is InChI=1S/C9H17NO.ClH/c10-6-9(7-11)4-8(5-9)2-1-3-8;/h11H,1-7,10H2;1H. The van der Waals surface area contributed by atoms with Crippen LogP contribution in [0.5, 0.6) is 0 Å². The Morgan fingerprint density at radius 1 is 1.25 bits per heavy atom. The Labute approximate surface area is 79.9 Å². The molecule has 2 nitrogen and oxygen atoms in total. The van der Waals surface area contributed by atoms with Gasteiger partial charge in [-0.1, -0.05) is 6.42 Å². The molecule has 72 valence electrons. The summed E-state index contributed by atoms with van der Waals surface area (Å²) >= 11 is 0. The third-order valence-corrected chi connectivity index (χ3v) is 3.68. The summed E-state index contributed by atoms with van der Waals surface area (Å²) in [6.07, 6.45) is 6.54. The normalized spacial score (nSPS) is 28.5. The van der Waals surface area contributed by atoms with Crippen LogP contribution in [0.4, 0.5) is 0 Å². The van der Waals surface area contributed by atoms with Gasteiger partial charge in [0.25, 0.3) is 0 Å². The molecular formula is C9H18ClNO. The highest BCUT2D eigenvalue weighted by molar-refractivity contribution is 5.85. The number of aliphatic hydroxyl groups excluding tert-OH is 1. The van der Waals surface area contributed by atoms with E-state index in [9.17, 15) is 0 Å². The molecule has 0 radical (unpaired) electrons. The van der Waals surface area contributed by atoms with Gasteiger partial charge in [-0.05, 0) is 31.1 Å². The average Bonchev–Trinajstić information content (AvgIpc) is 1.85. The molecule has 3 N–H and O–H groups in total. The Bertz CT molecular complexity index is 154. The van der Waals surface area contributed by atoms with Crippen LogP contribution in [0.1, 0.15) is 32.1 Å². The first kappa shape index (κ1) is 10.3. The molecule has 0 unspecified atom stereocenters. The second kappa shape index (κ2) is 3.17. The average molecular weight is 192 g/mol. The second-order valence-corrected chi connectivity index (χ2v) is 4.57. The summed E-state index contributed by atoms with van der Waals surface area (Å²) in [5.41, 5.74) is 6.39. The summed E-state index contributed by atoms with van der Waals surface area (Å²) in [5.74, 6) is 0. The van der Waals surface area contributed by atoms with Crippen molar-refractivity contribution in [2.75, 3.05) is 13.2 Å². The highest BCUT2D eigenvalue weighted by atomic mass is 35.5. The second-order valence-electron chi connectivity index (χ2n) is 4.57. The molecule has 0 aromatic heterocycles. The number of rotatable bonds is 2. The maximum absolute atomic E-state index is 9.11. The Morgan fingerprint density at radius 2 is 1.83 bits per heavy atom. The first-order valence-electron chi connectivity index (χ1n) is 4.55. The van der Waals surface area contributed by atoms with E-state index >= 15 is 0 Å². The predicted molar refractivity (Wildman–Crippen MR) is 51.3 cm³/mol. The SMILES string of the molecule is Cl.NCC1(CO)CC2(CCC2)C1. The van der Waals surface area contributed by atoms with Crippen LogP contribution < -0.4 is 5.73 Å². The third-order valence-electron chi connectivity index (χ3n) is 3.68. The van der Waals surface area contributed by atoms with E-state index in [1.807, 2.05) is 0 Å². The minimum atomic E-state index is 0. The van der Waals surface area contributed by atoms with Gasteiger partial charge in [-0.25, -0.2) is 0 Å². The minimum absolute atomic E-state index is 0. The van der Waals surface area contributed by atoms with Crippen molar-refractivity contribution in [1.82, 2.24) is 0 Å². The Kier molecular flexibility index (Phi) is 2.72. The van der Waals surface area contributed by atoms with Crippen molar-refractivity contribution in [3.05, 3.63) is 0 Å². The first-order chi connectivity index (χ1) is 5.24. The van der Waals surface area contributed by atoms with Gasteiger partial charge in [0.1, 0.15) is 0 Å². The molecule has 0 bridgehead atoms. The van der Waals surface area contributed by atoms with Gasteiger partial charge in [-0.3, -0.25) is 0 Å². The van der Waals surface area contributed by atoms with Gasteiger partial charge in [0.2, 0.25) is 0 Å². The molecule has 2 rings (SSSR count). The van der Waals surface area contributed by atoms with Crippen LogP contribution in [0.25, 0.3) is 0 Å². The molecule has 0 aromatic carbocycles. The van der Waals surface area contributed by atoms with Gasteiger partial charge < -0.3 is 10.8 Å². The van der Waals surface area contributed by atoms with Crippen LogP contribution in [0, 0.1) is 10.8 Å². The van der Waals surface area contributed by atoms with Gasteiger partial charge in [-0.15, -0.1) is 12.4 Å². The van der Waals surface area contributed by atoms with Crippen LogP contribution in [-0.4, -0.2) is 18.3 Å². The molecule has 2 fully saturated rings. The lowest BCUT2D eigenvalue weighted by molar-refractivity contribution is -0.115. The summed E-state index contributed by atoms with van der Waals surface area (Å²) in [6.45, 7) is 0.969. The fraction of sp³-hybridized carbons (Fsp3) is 1.00. The van der Waals surface area contributed by atoms with Crippen molar-refractivity contribution < 1.29 is 5.11 Å². The number of hydrogen-bond acceptors (Lipinski definition) is 2. The maximum Gasteiger partial charge on any atom is 0.0499 e. The van der Waals surface area contributed by atoms with Crippen molar-refractivity contribution in [2.24, 2.45) is 16.6 Å². The molecule has 0 heterocycles. The molecule has 0 amide bonds. The van der Waals surface area contributed by atoms with E-state index in [1.54, 1.807) is 0 Å². The molecule has 0 aromatic rings. The number of nitrogens with two attached hydrogens (primary N) is 1. The molecule has 0 aliphatic heterocycles. The molecular weight excluding hydrogens is 174 g/mol. The summed E-state index contributed by atoms with van der Waals surface area (Å²) in [6, 6.07) is 0. The molecule has 2 aliphatic carbocycles. The summed E-state index contributed by atoms with van der Waals surface area (Å²) in [7, 11) is 0. The fourth-order valence-electron chi connectivity index (χ4n) is 2.89. The van der Waals surface area contributed by atoms with Gasteiger partial charge in [0.05, 0.1) is 0 Å². The van der Waals surface area contributed by atoms with Crippen LogP contribution >= 0.6 is 12.4 Å². The van der Waals surface area contributed by atoms with Gasteiger partial charge in [-0.2, -0.15) is 0 Å². The Morgan fingerprint density at radius 3 is 2.08 bits per heavy atom. The number of hydrogen-bond donors (Lipinski definition) is 2. The van der Waals surface area contributed by atoms with Crippen molar-refractivity contribution in [3.63, 3.8) is 0 Å². The van der Waals surface area contributed by atoms with Gasteiger partial charge >= 0.3 is 0 Å². The van der Waals surface area contributed by atoms with Crippen LogP contribution in [0.2, 0.25) is 0 Å². The monoisotopic (exact) mass is 191 g/mol. The molecule has 3 heteroatoms. The molecule has 0 saturated heterocycles. The topological polar surface area (TPSA) is 46.2 Å². The molecule has 2 aliphatic rings. The Hall–Kier alpha value is 0.210. The number of halogens is 1. The van der Waals surface area contributed by atoms with E-state index in [-0.39, 0.29) is 17.8 Å². The molecule has 12 heavy (non-hydrogen) atoms. The largest absolute Gasteiger partial charge is 0.396 e. The van der Waals surface area contributed by atoms with E-state index in [0.29, 0.717) is 18.6 Å². The fourth-order valence-corrected chi connectivity index (χ4v) is 2.89. The first-order valence-corrected chi connectivity index (χ1v) is 4.55. The predicted octanol–water partition coefficient (Wildman–Crippen LogP) is 1.31. The zero-order chi connectivity index (χ0) is 7.95. The van der Waals surface area contributed by atoms with Crippen molar-refractivity contribution in [2.45, 2.75) is 32.1 Å². The molecule has 0 atom stereocenters. The van der Waals surface area contributed by atoms with Gasteiger partial charge in [0, 0.05) is 18.6 Å². The van der Waals surface area contributed by atoms with Crippen molar-refractivity contribution >= 4 is 12.4 Å². The maximum atomic E-state index is 9.11. The van der Waals surface area contributed by atoms with Crippen LogP contribution in [-0.2, 0) is 0 Å². The lowest BCUT2D eigenvalue weighted by atomic mass is 9.45. The lowest BCUT2D eigenvalue weighted by Gasteiger charge is -2.60. The third kappa shape index (κ3) is 1.26. The van der Waals surface area contributed by atoms with Gasteiger partial charge in [0.15, 0.2) is 0 Å². The van der Waals surface area contributed by atoms with Crippen molar-refractivity contribution in [3.8, 4) is 0 Å². The lowest BCUT2D eigenvalue weighted by Crippen LogP contribution is -2.55. The highest BCUT2D eigenvalue weighted by Gasteiger charge is 2.55. The Balaban J connectivity index is 0.000000720. The summed E-state index contributed by atoms with van der Waals surface area (Å²) in [4.78, 5) is 0. The zero-order valence-electron chi connectivity index (χ0n) is 7.38. The zero-order valence-corrected chi connectivity index (χ0v) is 8.20. The van der Waals surface area contributed by atoms with Crippen LogP contribution in [0.3, 0.4) is 0 Å². The minimum Gasteiger partial charge on any atom is -0.396 e. The smallest absolute Gasteiger partial charge is 0.0499 e.